The van der Waals surface area contributed by atoms with E-state index in [4.69, 9.17) is 23.1 Å². The highest BCUT2D eigenvalue weighted by Crippen LogP contribution is 2.54. The van der Waals surface area contributed by atoms with E-state index < -0.39 is 29.5 Å². The summed E-state index contributed by atoms with van der Waals surface area (Å²) in [5.41, 5.74) is 12.4. The van der Waals surface area contributed by atoms with Crippen LogP contribution in [0.1, 0.15) is 25.3 Å². The quantitative estimate of drug-likeness (QED) is 0.179. The standard InChI is InChI=1S/C21H27ClFN5O2S/c1-11(22)26-10-16(23)20(24)27-19-15-8-13(18(19)21(25)29)9-17(15)31-6-5-12-3-2-4-14(7-12)28-30/h2-4,7,10-11,13,15-19H,5-6,8-9H2,1H3,(H2,24,27)(H2,25,29). The number of nitroso groups, excluding NO2 is 1. The fraction of sp³-hybridized carbons (Fsp3) is 0.571. The first-order chi connectivity index (χ1) is 14.8. The summed E-state index contributed by atoms with van der Waals surface area (Å²) in [7, 11) is 0. The van der Waals surface area contributed by atoms with E-state index in [9.17, 15) is 14.1 Å². The summed E-state index contributed by atoms with van der Waals surface area (Å²) in [6.45, 7) is 1.62. The van der Waals surface area contributed by atoms with Gasteiger partial charge in [-0.1, -0.05) is 23.7 Å². The van der Waals surface area contributed by atoms with Gasteiger partial charge >= 0.3 is 0 Å². The Labute approximate surface area is 190 Å². The molecule has 2 saturated carbocycles. The number of amidine groups is 1. The zero-order chi connectivity index (χ0) is 22.5. The molecule has 2 aliphatic carbocycles. The van der Waals surface area contributed by atoms with E-state index in [-0.39, 0.29) is 17.7 Å². The number of hydrogen-bond donors (Lipinski definition) is 2. The van der Waals surface area contributed by atoms with E-state index in [1.165, 1.54) is 0 Å². The van der Waals surface area contributed by atoms with Crippen molar-refractivity contribution in [1.82, 2.24) is 0 Å². The summed E-state index contributed by atoms with van der Waals surface area (Å²) in [6.07, 6.45) is 1.91. The van der Waals surface area contributed by atoms with Gasteiger partial charge in [-0.3, -0.25) is 14.8 Å². The molecule has 168 valence electrons. The summed E-state index contributed by atoms with van der Waals surface area (Å²) in [5.74, 6) is 0.0756. The molecule has 2 aliphatic rings. The van der Waals surface area contributed by atoms with Crippen LogP contribution in [-0.2, 0) is 11.2 Å². The average molecular weight is 468 g/mol. The summed E-state index contributed by atoms with van der Waals surface area (Å²) < 4.78 is 14.3. The van der Waals surface area contributed by atoms with Gasteiger partial charge in [0, 0.05) is 11.5 Å². The zero-order valence-electron chi connectivity index (χ0n) is 17.2. The zero-order valence-corrected chi connectivity index (χ0v) is 18.8. The molecule has 10 heteroatoms. The molecule has 0 radical (unpaired) electrons. The number of alkyl halides is 2. The van der Waals surface area contributed by atoms with E-state index in [0.29, 0.717) is 10.9 Å². The Kier molecular flexibility index (Phi) is 8.05. The molecule has 7 atom stereocenters. The molecule has 0 aliphatic heterocycles. The summed E-state index contributed by atoms with van der Waals surface area (Å²) in [6, 6.07) is 6.83. The topological polar surface area (TPSA) is 123 Å². The van der Waals surface area contributed by atoms with Crippen LogP contribution in [0.15, 0.2) is 39.4 Å². The Bertz CT molecular complexity index is 868. The van der Waals surface area contributed by atoms with Crippen LogP contribution in [0.25, 0.3) is 0 Å². The first kappa shape index (κ1) is 23.7. The molecule has 3 rings (SSSR count). The second-order valence-corrected chi connectivity index (χ2v) is 10.0. The van der Waals surface area contributed by atoms with E-state index in [1.807, 2.05) is 23.9 Å². The fourth-order valence-electron chi connectivity index (χ4n) is 4.65. The van der Waals surface area contributed by atoms with Crippen molar-refractivity contribution < 1.29 is 9.18 Å². The largest absolute Gasteiger partial charge is 0.385 e. The fourth-order valence-corrected chi connectivity index (χ4v) is 6.27. The van der Waals surface area contributed by atoms with Crippen molar-refractivity contribution in [3.8, 4) is 0 Å². The third-order valence-corrected chi connectivity index (χ3v) is 7.49. The van der Waals surface area contributed by atoms with E-state index in [1.54, 1.807) is 19.1 Å². The van der Waals surface area contributed by atoms with Crippen LogP contribution in [0.2, 0.25) is 0 Å². The van der Waals surface area contributed by atoms with Gasteiger partial charge < -0.3 is 11.5 Å². The van der Waals surface area contributed by atoms with Gasteiger partial charge in [0.25, 0.3) is 0 Å². The van der Waals surface area contributed by atoms with Crippen molar-refractivity contribution >= 4 is 47.0 Å². The Hall–Kier alpha value is -2.00. The number of rotatable bonds is 10. The highest BCUT2D eigenvalue weighted by molar-refractivity contribution is 7.99. The molecule has 0 aromatic heterocycles. The van der Waals surface area contributed by atoms with Crippen molar-refractivity contribution in [2.75, 3.05) is 5.75 Å². The predicted molar refractivity (Wildman–Crippen MR) is 125 cm³/mol. The number of hydrogen-bond acceptors (Lipinski definition) is 6. The van der Waals surface area contributed by atoms with Crippen LogP contribution in [0.4, 0.5) is 10.1 Å². The minimum atomic E-state index is -1.65. The number of primary amides is 1. The molecule has 2 fully saturated rings. The van der Waals surface area contributed by atoms with Crippen LogP contribution < -0.4 is 11.5 Å². The lowest BCUT2D eigenvalue weighted by molar-refractivity contribution is -0.123. The number of halogens is 2. The number of nitrogens with two attached hydrogens (primary N) is 2. The number of thioether (sulfide) groups is 1. The lowest BCUT2D eigenvalue weighted by Gasteiger charge is -2.32. The van der Waals surface area contributed by atoms with Gasteiger partial charge in [-0.15, -0.1) is 4.91 Å². The molecular formula is C21H27ClFN5O2S. The molecule has 0 spiro atoms. The smallest absolute Gasteiger partial charge is 0.222 e. The Balaban J connectivity index is 1.65. The van der Waals surface area contributed by atoms with Crippen LogP contribution in [0.3, 0.4) is 0 Å². The third kappa shape index (κ3) is 5.83. The maximum Gasteiger partial charge on any atom is 0.222 e. The third-order valence-electron chi connectivity index (χ3n) is 5.97. The lowest BCUT2D eigenvalue weighted by atomic mass is 9.84. The second-order valence-electron chi connectivity index (χ2n) is 8.06. The van der Waals surface area contributed by atoms with Crippen molar-refractivity contribution in [2.24, 2.45) is 44.4 Å². The number of nitrogens with zero attached hydrogens (tertiary/aromatic N) is 3. The van der Waals surface area contributed by atoms with Crippen molar-refractivity contribution in [1.29, 1.82) is 0 Å². The van der Waals surface area contributed by atoms with Gasteiger partial charge in [0.2, 0.25) is 5.91 Å². The van der Waals surface area contributed by atoms with Crippen LogP contribution in [0.5, 0.6) is 0 Å². The van der Waals surface area contributed by atoms with Gasteiger partial charge in [0.1, 0.15) is 17.0 Å². The molecule has 7 nitrogen and oxygen atoms in total. The van der Waals surface area contributed by atoms with E-state index in [2.05, 4.69) is 15.2 Å². The Morgan fingerprint density at radius 3 is 2.84 bits per heavy atom. The first-order valence-corrected chi connectivity index (χ1v) is 11.8. The Morgan fingerprint density at radius 2 is 2.16 bits per heavy atom. The SMILES string of the molecule is CC(Cl)N=CC(F)C(N)=NC1C2CC(CC2SCCc2cccc(N=O)c2)C1C(N)=O. The van der Waals surface area contributed by atoms with Gasteiger partial charge in [-0.2, -0.15) is 11.8 Å². The summed E-state index contributed by atoms with van der Waals surface area (Å²) in [4.78, 5) is 31.0. The summed E-state index contributed by atoms with van der Waals surface area (Å²) >= 11 is 7.53. The maximum absolute atomic E-state index is 14.3. The number of fused-ring (bicyclic) bond motifs is 2. The molecule has 4 N–H and O–H groups in total. The molecule has 0 saturated heterocycles. The second kappa shape index (κ2) is 10.5. The molecular weight excluding hydrogens is 441 g/mol. The summed E-state index contributed by atoms with van der Waals surface area (Å²) in [5, 5.41) is 3.27. The van der Waals surface area contributed by atoms with Crippen LogP contribution >= 0.6 is 23.4 Å². The van der Waals surface area contributed by atoms with Gasteiger partial charge in [-0.05, 0) is 66.6 Å². The lowest BCUT2D eigenvalue weighted by Crippen LogP contribution is -2.42. The highest BCUT2D eigenvalue weighted by atomic mass is 35.5. The van der Waals surface area contributed by atoms with Crippen LogP contribution in [0, 0.1) is 22.7 Å². The molecule has 2 bridgehead atoms. The van der Waals surface area contributed by atoms with Crippen LogP contribution in [-0.4, -0.2) is 46.7 Å². The molecule has 1 amide bonds. The molecule has 31 heavy (non-hydrogen) atoms. The molecule has 1 aromatic carbocycles. The average Bonchev–Trinajstić information content (AvgIpc) is 3.30. The van der Waals surface area contributed by atoms with Crippen molar-refractivity contribution in [2.45, 2.75) is 49.2 Å². The van der Waals surface area contributed by atoms with Gasteiger partial charge in [0.15, 0.2) is 6.17 Å². The Morgan fingerprint density at radius 1 is 1.39 bits per heavy atom. The predicted octanol–water partition coefficient (Wildman–Crippen LogP) is 3.59. The minimum absolute atomic E-state index is 0.116. The van der Waals surface area contributed by atoms with E-state index >= 15 is 0 Å². The number of carbonyl (C=O) groups is 1. The monoisotopic (exact) mass is 467 g/mol. The maximum atomic E-state index is 14.3. The van der Waals surface area contributed by atoms with Gasteiger partial charge in [-0.25, -0.2) is 4.39 Å². The molecule has 1 aromatic rings. The van der Waals surface area contributed by atoms with Gasteiger partial charge in [0.05, 0.1) is 12.0 Å². The number of aryl methyl sites for hydroxylation is 1. The number of benzene rings is 1. The number of amides is 1. The van der Waals surface area contributed by atoms with E-state index in [0.717, 1.165) is 36.8 Å². The minimum Gasteiger partial charge on any atom is -0.385 e. The highest BCUT2D eigenvalue weighted by Gasteiger charge is 2.55. The first-order valence-electron chi connectivity index (χ1n) is 10.3. The normalized spacial score (nSPS) is 29.9. The molecule has 7 unspecified atom stereocenters. The van der Waals surface area contributed by atoms with Crippen molar-refractivity contribution in [3.63, 3.8) is 0 Å². The van der Waals surface area contributed by atoms with Crippen molar-refractivity contribution in [3.05, 3.63) is 34.7 Å². The number of aliphatic imine (C=N–C) groups is 2. The molecule has 0 heterocycles. The number of carbonyl (C=O) groups excluding carboxylic acids is 1.